The van der Waals surface area contributed by atoms with E-state index in [0.717, 1.165) is 32.0 Å². The molecule has 1 N–H and O–H groups in total. The molecule has 0 bridgehead atoms. The highest BCUT2D eigenvalue weighted by molar-refractivity contribution is 9.10. The smallest absolute Gasteiger partial charge is 0.307 e. The number of carbonyl (C=O) groups is 1. The molecule has 5 rings (SSSR count). The number of amides is 1. The second-order valence-corrected chi connectivity index (χ2v) is 8.60. The van der Waals surface area contributed by atoms with Crippen molar-refractivity contribution in [2.24, 2.45) is 5.10 Å². The Morgan fingerprint density at radius 2 is 1.91 bits per heavy atom. The Bertz CT molecular complexity index is 1530. The van der Waals surface area contributed by atoms with Crippen LogP contribution in [0.1, 0.15) is 27.4 Å². The van der Waals surface area contributed by atoms with Gasteiger partial charge < -0.3 is 8.98 Å². The van der Waals surface area contributed by atoms with Crippen LogP contribution in [0.3, 0.4) is 0 Å². The van der Waals surface area contributed by atoms with Crippen molar-refractivity contribution < 1.29 is 13.6 Å². The van der Waals surface area contributed by atoms with Crippen molar-refractivity contribution in [3.63, 3.8) is 0 Å². The zero-order valence-electron chi connectivity index (χ0n) is 17.7. The van der Waals surface area contributed by atoms with Gasteiger partial charge in [0.15, 0.2) is 5.76 Å². The summed E-state index contributed by atoms with van der Waals surface area (Å²) in [7, 11) is 0. The molecule has 5 nitrogen and oxygen atoms in total. The average Bonchev–Trinajstić information content (AvgIpc) is 3.35. The fraction of sp³-hybridized carbons (Fsp3) is 0.0769. The van der Waals surface area contributed by atoms with Crippen LogP contribution in [0.15, 0.2) is 86.8 Å². The Labute approximate surface area is 197 Å². The molecule has 1 amide bonds. The molecule has 0 saturated carbocycles. The largest absolute Gasteiger partial charge is 0.451 e. The third-order valence-electron chi connectivity index (χ3n) is 5.63. The second-order valence-electron chi connectivity index (χ2n) is 7.69. The van der Waals surface area contributed by atoms with Crippen LogP contribution in [0.5, 0.6) is 0 Å². The Kier molecular flexibility index (Phi) is 5.56. The predicted molar refractivity (Wildman–Crippen MR) is 131 cm³/mol. The van der Waals surface area contributed by atoms with E-state index in [4.69, 9.17) is 4.42 Å². The summed E-state index contributed by atoms with van der Waals surface area (Å²) in [4.78, 5) is 12.5. The minimum atomic E-state index is -0.439. The van der Waals surface area contributed by atoms with Gasteiger partial charge in [0.2, 0.25) is 0 Å². The van der Waals surface area contributed by atoms with Crippen molar-refractivity contribution in [3.8, 4) is 0 Å². The van der Waals surface area contributed by atoms with Gasteiger partial charge in [-0.3, -0.25) is 4.79 Å². The maximum Gasteiger partial charge on any atom is 0.307 e. The number of rotatable bonds is 5. The van der Waals surface area contributed by atoms with Crippen molar-refractivity contribution >= 4 is 49.9 Å². The summed E-state index contributed by atoms with van der Waals surface area (Å²) in [6.07, 6.45) is 1.62. The van der Waals surface area contributed by atoms with Gasteiger partial charge in [-0.25, -0.2) is 9.82 Å². The molecule has 2 heterocycles. The third-order valence-corrected chi connectivity index (χ3v) is 6.12. The van der Waals surface area contributed by atoms with Crippen molar-refractivity contribution in [2.75, 3.05) is 0 Å². The SMILES string of the molecule is Cc1c(/C=N/NC(=O)c2cc3cc(Br)ccc3o2)c2ccccc2n1Cc1ccccc1F. The molecule has 0 saturated heterocycles. The van der Waals surface area contributed by atoms with Crippen LogP contribution in [0.4, 0.5) is 4.39 Å². The number of hydrogen-bond donors (Lipinski definition) is 1. The Morgan fingerprint density at radius 3 is 2.76 bits per heavy atom. The van der Waals surface area contributed by atoms with Crippen LogP contribution in [0.2, 0.25) is 0 Å². The van der Waals surface area contributed by atoms with Gasteiger partial charge in [-0.15, -0.1) is 0 Å². The highest BCUT2D eigenvalue weighted by atomic mass is 79.9. The van der Waals surface area contributed by atoms with Crippen LogP contribution in [0.25, 0.3) is 21.9 Å². The first kappa shape index (κ1) is 21.2. The number of aromatic nitrogens is 1. The van der Waals surface area contributed by atoms with Gasteiger partial charge in [0.25, 0.3) is 0 Å². The molecule has 0 unspecified atom stereocenters. The van der Waals surface area contributed by atoms with Crippen LogP contribution >= 0.6 is 15.9 Å². The topological polar surface area (TPSA) is 59.5 Å². The lowest BCUT2D eigenvalue weighted by molar-refractivity contribution is 0.0929. The molecule has 0 aliphatic rings. The summed E-state index contributed by atoms with van der Waals surface area (Å²) >= 11 is 3.41. The van der Waals surface area contributed by atoms with E-state index in [1.54, 1.807) is 30.5 Å². The standard InChI is InChI=1S/C26H19BrFN3O2/c1-16-21(14-29-30-26(32)25-13-18-12-19(27)10-11-24(18)33-25)20-7-3-5-9-23(20)31(16)15-17-6-2-4-8-22(17)28/h2-14H,15H2,1H3,(H,30,32)/b29-14+. The Morgan fingerprint density at radius 1 is 1.12 bits per heavy atom. The third kappa shape index (κ3) is 4.07. The molecule has 7 heteroatoms. The number of fused-ring (bicyclic) bond motifs is 2. The van der Waals surface area contributed by atoms with Gasteiger partial charge in [0.05, 0.1) is 12.8 Å². The maximum absolute atomic E-state index is 14.3. The number of carbonyl (C=O) groups excluding carboxylic acids is 1. The van der Waals surface area contributed by atoms with Crippen molar-refractivity contribution in [1.82, 2.24) is 9.99 Å². The Balaban J connectivity index is 1.43. The van der Waals surface area contributed by atoms with Crippen LogP contribution in [-0.4, -0.2) is 16.7 Å². The molecule has 2 aromatic heterocycles. The summed E-state index contributed by atoms with van der Waals surface area (Å²) < 4.78 is 22.8. The van der Waals surface area contributed by atoms with E-state index >= 15 is 0 Å². The zero-order valence-corrected chi connectivity index (χ0v) is 19.3. The monoisotopic (exact) mass is 503 g/mol. The van der Waals surface area contributed by atoms with E-state index in [0.29, 0.717) is 17.7 Å². The van der Waals surface area contributed by atoms with E-state index in [1.807, 2.05) is 54.0 Å². The molecule has 0 atom stereocenters. The predicted octanol–water partition coefficient (Wildman–Crippen LogP) is 6.41. The normalized spacial score (nSPS) is 11.6. The molecule has 0 spiro atoms. The molecule has 0 aliphatic heterocycles. The average molecular weight is 504 g/mol. The first-order valence-corrected chi connectivity index (χ1v) is 11.1. The number of para-hydroxylation sites is 1. The van der Waals surface area contributed by atoms with Gasteiger partial charge in [0, 0.05) is 37.6 Å². The van der Waals surface area contributed by atoms with Gasteiger partial charge in [0.1, 0.15) is 11.4 Å². The van der Waals surface area contributed by atoms with E-state index in [2.05, 4.69) is 26.5 Å². The summed E-state index contributed by atoms with van der Waals surface area (Å²) in [5.74, 6) is -0.500. The number of nitrogens with one attached hydrogen (secondary N) is 1. The van der Waals surface area contributed by atoms with E-state index in [1.165, 1.54) is 6.07 Å². The van der Waals surface area contributed by atoms with Gasteiger partial charge in [-0.05, 0) is 43.3 Å². The molecule has 5 aromatic rings. The molecule has 3 aromatic carbocycles. The first-order valence-electron chi connectivity index (χ1n) is 10.3. The lowest BCUT2D eigenvalue weighted by atomic mass is 10.1. The quantitative estimate of drug-likeness (QED) is 0.222. The minimum absolute atomic E-state index is 0.180. The molecule has 33 heavy (non-hydrogen) atoms. The van der Waals surface area contributed by atoms with Gasteiger partial charge in [-0.2, -0.15) is 5.10 Å². The highest BCUT2D eigenvalue weighted by Crippen LogP contribution is 2.26. The number of benzene rings is 3. The van der Waals surface area contributed by atoms with Gasteiger partial charge in [-0.1, -0.05) is 52.3 Å². The lowest BCUT2D eigenvalue weighted by Gasteiger charge is -2.09. The second kappa shape index (κ2) is 8.67. The van der Waals surface area contributed by atoms with Crippen LogP contribution in [0, 0.1) is 12.7 Å². The molecule has 0 radical (unpaired) electrons. The number of nitrogens with zero attached hydrogens (tertiary/aromatic N) is 2. The van der Waals surface area contributed by atoms with Crippen molar-refractivity contribution in [1.29, 1.82) is 0 Å². The van der Waals surface area contributed by atoms with Crippen molar-refractivity contribution in [3.05, 3.63) is 106 Å². The maximum atomic E-state index is 14.3. The molecule has 164 valence electrons. The number of halogens is 2. The van der Waals surface area contributed by atoms with Gasteiger partial charge >= 0.3 is 5.91 Å². The number of hydrogen-bond acceptors (Lipinski definition) is 3. The molecular weight excluding hydrogens is 485 g/mol. The minimum Gasteiger partial charge on any atom is -0.451 e. The fourth-order valence-corrected chi connectivity index (χ4v) is 4.34. The molecular formula is C26H19BrFN3O2. The summed E-state index contributed by atoms with van der Waals surface area (Å²) in [6.45, 7) is 2.36. The molecule has 0 fully saturated rings. The highest BCUT2D eigenvalue weighted by Gasteiger charge is 2.15. The van der Waals surface area contributed by atoms with Crippen molar-refractivity contribution in [2.45, 2.75) is 13.5 Å². The first-order chi connectivity index (χ1) is 16.0. The summed E-state index contributed by atoms with van der Waals surface area (Å²) in [5.41, 5.74) is 6.52. The number of hydrazone groups is 1. The lowest BCUT2D eigenvalue weighted by Crippen LogP contribution is -2.16. The summed E-state index contributed by atoms with van der Waals surface area (Å²) in [5, 5.41) is 5.97. The fourth-order valence-electron chi connectivity index (χ4n) is 3.96. The van der Waals surface area contributed by atoms with Crippen LogP contribution < -0.4 is 5.43 Å². The van der Waals surface area contributed by atoms with Crippen LogP contribution in [-0.2, 0) is 6.54 Å². The summed E-state index contributed by atoms with van der Waals surface area (Å²) in [6, 6.07) is 21.8. The van der Waals surface area contributed by atoms with E-state index in [-0.39, 0.29) is 11.6 Å². The molecule has 0 aliphatic carbocycles. The van der Waals surface area contributed by atoms with E-state index < -0.39 is 5.91 Å². The zero-order chi connectivity index (χ0) is 22.9. The van der Waals surface area contributed by atoms with E-state index in [9.17, 15) is 9.18 Å². The Hall–Kier alpha value is -3.71. The number of furan rings is 1.